The Labute approximate surface area is 226 Å². The molecule has 7 heteroatoms. The molecule has 0 radical (unpaired) electrons. The Morgan fingerprint density at radius 3 is 2.42 bits per heavy atom. The quantitative estimate of drug-likeness (QED) is 0.150. The lowest BCUT2D eigenvalue weighted by Gasteiger charge is -2.63. The summed E-state index contributed by atoms with van der Waals surface area (Å²) in [6.07, 6.45) is 12.9. The minimum atomic E-state index is -0.348. The number of carbonyl (C=O) groups is 3. The van der Waals surface area contributed by atoms with Crippen molar-refractivity contribution in [3.05, 3.63) is 23.3 Å². The van der Waals surface area contributed by atoms with Gasteiger partial charge < -0.3 is 10.5 Å². The van der Waals surface area contributed by atoms with Crippen LogP contribution in [0.2, 0.25) is 0 Å². The van der Waals surface area contributed by atoms with E-state index in [0.717, 1.165) is 25.7 Å². The van der Waals surface area contributed by atoms with Crippen LogP contribution in [-0.2, 0) is 14.4 Å². The van der Waals surface area contributed by atoms with Gasteiger partial charge in [0.15, 0.2) is 11.6 Å². The molecule has 5 aliphatic carbocycles. The van der Waals surface area contributed by atoms with Gasteiger partial charge in [0.05, 0.1) is 5.57 Å². The first-order valence-electron chi connectivity index (χ1n) is 14.1. The molecule has 2 N–H and O–H groups in total. The second-order valence-electron chi connectivity index (χ2n) is 13.9. The smallest absolute Gasteiger partial charge is 0.212 e. The zero-order valence-corrected chi connectivity index (χ0v) is 23.8. The Morgan fingerprint density at radius 2 is 1.82 bits per heavy atom. The molecule has 7 atom stereocenters. The van der Waals surface area contributed by atoms with Gasteiger partial charge in [-0.3, -0.25) is 14.4 Å². The van der Waals surface area contributed by atoms with E-state index in [1.807, 2.05) is 12.2 Å². The fourth-order valence-corrected chi connectivity index (χ4v) is 8.80. The normalized spacial score (nSPS) is 41.3. The maximum Gasteiger partial charge on any atom is 0.212 e. The topological polar surface area (TPSA) is 120 Å². The van der Waals surface area contributed by atoms with Crippen molar-refractivity contribution in [3.8, 4) is 6.07 Å². The molecule has 38 heavy (non-hydrogen) atoms. The monoisotopic (exact) mass is 521 g/mol. The number of ketones is 2. The van der Waals surface area contributed by atoms with Crippen LogP contribution < -0.4 is 5.32 Å². The summed E-state index contributed by atoms with van der Waals surface area (Å²) in [5.41, 5.74) is 1.77. The molecule has 5 rings (SSSR count). The zero-order valence-electron chi connectivity index (χ0n) is 23.8. The van der Waals surface area contributed by atoms with E-state index in [1.165, 1.54) is 31.8 Å². The van der Waals surface area contributed by atoms with E-state index in [2.05, 4.69) is 51.2 Å². The highest BCUT2D eigenvalue weighted by molar-refractivity contribution is 6.01. The highest BCUT2D eigenvalue weighted by Gasteiger charge is 2.62. The molecule has 5 aliphatic rings. The molecule has 0 aromatic rings. The number of rotatable bonds is 1. The SMILES string of the molecule is C/C(=N\O)NC=O.CC1(C)CCC2(C)CCC3C(C(=O)C=C4C5(C)C=C(C#N)C(=O)CC5CCC43C)C2C1. The molecule has 0 aliphatic heterocycles. The van der Waals surface area contributed by atoms with Crippen molar-refractivity contribution in [2.75, 3.05) is 0 Å². The van der Waals surface area contributed by atoms with E-state index in [0.29, 0.717) is 46.9 Å². The van der Waals surface area contributed by atoms with Crippen LogP contribution in [0.3, 0.4) is 0 Å². The summed E-state index contributed by atoms with van der Waals surface area (Å²) in [4.78, 5) is 35.7. The van der Waals surface area contributed by atoms with Crippen LogP contribution in [0.25, 0.3) is 0 Å². The minimum absolute atomic E-state index is 0.00972. The third-order valence-electron chi connectivity index (χ3n) is 11.1. The molecule has 0 aromatic carbocycles. The van der Waals surface area contributed by atoms with Gasteiger partial charge in [0.1, 0.15) is 11.9 Å². The number of allylic oxidation sites excluding steroid dienone is 4. The molecule has 0 spiro atoms. The lowest BCUT2D eigenvalue weighted by Crippen LogP contribution is -2.58. The van der Waals surface area contributed by atoms with Crippen LogP contribution >= 0.6 is 0 Å². The number of amides is 1. The van der Waals surface area contributed by atoms with Gasteiger partial charge >= 0.3 is 0 Å². The lowest BCUT2D eigenvalue weighted by atomic mass is 9.40. The fourth-order valence-electron chi connectivity index (χ4n) is 8.80. The number of amidine groups is 1. The Hall–Kier alpha value is -2.75. The van der Waals surface area contributed by atoms with Crippen molar-refractivity contribution < 1.29 is 19.6 Å². The number of Topliss-reactive ketones (excluding diaryl/α,β-unsaturated/α-hetero) is 1. The molecule has 3 saturated carbocycles. The van der Waals surface area contributed by atoms with Crippen LogP contribution in [-0.4, -0.2) is 29.0 Å². The standard InChI is InChI=1S/C28H37NO2.C3H6N2O2/c1-25(2)10-11-26(3)8-7-19-24(20(26)15-25)22(31)13-23-27(19,4)9-6-18-12-21(30)17(16-29)14-28(18,23)5;1-3(5-7)4-2-6/h13-14,18-20,24H,6-12,15H2,1-5H3;2,7H,1H3,(H,4,5,6). The predicted molar refractivity (Wildman–Crippen MR) is 145 cm³/mol. The summed E-state index contributed by atoms with van der Waals surface area (Å²) >= 11 is 0. The van der Waals surface area contributed by atoms with Crippen molar-refractivity contribution in [1.82, 2.24) is 5.32 Å². The van der Waals surface area contributed by atoms with Gasteiger partial charge in [-0.2, -0.15) is 5.26 Å². The van der Waals surface area contributed by atoms with E-state index in [4.69, 9.17) is 5.21 Å². The van der Waals surface area contributed by atoms with E-state index < -0.39 is 0 Å². The summed E-state index contributed by atoms with van der Waals surface area (Å²) in [5, 5.41) is 22.1. The number of nitriles is 1. The van der Waals surface area contributed by atoms with Crippen LogP contribution in [0.5, 0.6) is 0 Å². The number of hydrogen-bond acceptors (Lipinski definition) is 6. The lowest BCUT2D eigenvalue weighted by molar-refractivity contribution is -0.143. The first-order chi connectivity index (χ1) is 17.7. The molecule has 7 unspecified atom stereocenters. The summed E-state index contributed by atoms with van der Waals surface area (Å²) < 4.78 is 0. The molecule has 206 valence electrons. The van der Waals surface area contributed by atoms with Crippen molar-refractivity contribution in [2.45, 2.75) is 92.9 Å². The number of nitrogens with one attached hydrogen (secondary N) is 1. The van der Waals surface area contributed by atoms with Gasteiger partial charge in [-0.1, -0.05) is 51.4 Å². The Bertz CT molecular complexity index is 1160. The number of hydrogen-bond donors (Lipinski definition) is 2. The van der Waals surface area contributed by atoms with Gasteiger partial charge in [-0.05, 0) is 91.9 Å². The van der Waals surface area contributed by atoms with Crippen LogP contribution in [0, 0.1) is 56.7 Å². The predicted octanol–water partition coefficient (Wildman–Crippen LogP) is 5.74. The van der Waals surface area contributed by atoms with Gasteiger partial charge in [0.2, 0.25) is 6.41 Å². The summed E-state index contributed by atoms with van der Waals surface area (Å²) in [7, 11) is 0. The molecular formula is C31H43N3O4. The summed E-state index contributed by atoms with van der Waals surface area (Å²) in [5.74, 6) is 1.71. The average Bonchev–Trinajstić information content (AvgIpc) is 2.86. The largest absolute Gasteiger partial charge is 0.409 e. The summed E-state index contributed by atoms with van der Waals surface area (Å²) in [6.45, 7) is 13.3. The molecule has 0 bridgehead atoms. The van der Waals surface area contributed by atoms with Gasteiger partial charge in [0, 0.05) is 17.8 Å². The Balaban J connectivity index is 0.000000426. The third kappa shape index (κ3) is 4.54. The van der Waals surface area contributed by atoms with Gasteiger partial charge in [-0.25, -0.2) is 0 Å². The van der Waals surface area contributed by atoms with Crippen LogP contribution in [0.4, 0.5) is 0 Å². The van der Waals surface area contributed by atoms with Crippen molar-refractivity contribution in [3.63, 3.8) is 0 Å². The van der Waals surface area contributed by atoms with E-state index >= 15 is 0 Å². The van der Waals surface area contributed by atoms with Crippen LogP contribution in [0.1, 0.15) is 92.9 Å². The minimum Gasteiger partial charge on any atom is -0.409 e. The number of oxime groups is 1. The number of nitrogens with zero attached hydrogens (tertiary/aromatic N) is 2. The maximum absolute atomic E-state index is 13.8. The van der Waals surface area contributed by atoms with Crippen molar-refractivity contribution in [1.29, 1.82) is 5.26 Å². The zero-order chi connectivity index (χ0) is 28.1. The second kappa shape index (κ2) is 9.77. The molecule has 7 nitrogen and oxygen atoms in total. The molecule has 0 aromatic heterocycles. The number of fused-ring (bicyclic) bond motifs is 7. The van der Waals surface area contributed by atoms with Crippen molar-refractivity contribution >= 4 is 23.8 Å². The first kappa shape index (κ1) is 28.3. The Kier molecular flexibility index (Phi) is 7.27. The maximum atomic E-state index is 13.8. The van der Waals surface area contributed by atoms with Crippen LogP contribution in [0.15, 0.2) is 28.5 Å². The van der Waals surface area contributed by atoms with E-state index in [9.17, 15) is 19.6 Å². The highest BCUT2D eigenvalue weighted by Crippen LogP contribution is 2.68. The fraction of sp³-hybridized carbons (Fsp3) is 0.710. The van der Waals surface area contributed by atoms with E-state index in [-0.39, 0.29) is 34.3 Å². The molecular weight excluding hydrogens is 478 g/mol. The molecule has 1 amide bonds. The third-order valence-corrected chi connectivity index (χ3v) is 11.1. The summed E-state index contributed by atoms with van der Waals surface area (Å²) in [6, 6.07) is 2.14. The molecule has 0 heterocycles. The Morgan fingerprint density at radius 1 is 1.11 bits per heavy atom. The average molecular weight is 522 g/mol. The highest BCUT2D eigenvalue weighted by atomic mass is 16.4. The van der Waals surface area contributed by atoms with Gasteiger partial charge in [0.25, 0.3) is 0 Å². The first-order valence-corrected chi connectivity index (χ1v) is 14.1. The molecule has 3 fully saturated rings. The van der Waals surface area contributed by atoms with Gasteiger partial charge in [-0.15, -0.1) is 0 Å². The second-order valence-corrected chi connectivity index (χ2v) is 13.9. The van der Waals surface area contributed by atoms with E-state index in [1.54, 1.807) is 0 Å². The number of carbonyl (C=O) groups excluding carboxylic acids is 3. The molecule has 0 saturated heterocycles. The van der Waals surface area contributed by atoms with Crippen molar-refractivity contribution in [2.24, 2.45) is 50.5 Å².